The number of nitrogens with zero attached hydrogens (tertiary/aromatic N) is 1. The second-order valence-electron chi connectivity index (χ2n) is 6.66. The Morgan fingerprint density at radius 1 is 0.778 bits per heavy atom. The quantitative estimate of drug-likeness (QED) is 0.464. The van der Waals surface area contributed by atoms with Crippen LogP contribution in [-0.2, 0) is 0 Å². The Morgan fingerprint density at radius 2 is 1.11 bits per heavy atom. The molecule has 0 aromatic carbocycles. The molecule has 0 bridgehead atoms. The monoisotopic (exact) mass is 461 g/mol. The molecule has 1 nitrogen and oxygen atoms in total. The van der Waals surface area contributed by atoms with E-state index < -0.39 is 36.8 Å². The molecule has 0 spiro atoms. The first-order chi connectivity index (χ1) is 8.09. The summed E-state index contributed by atoms with van der Waals surface area (Å²) in [4.78, 5) is 16.5. The average molecular weight is 459 g/mol. The fourth-order valence-electron chi connectivity index (χ4n) is 1.38. The van der Waals surface area contributed by atoms with Gasteiger partial charge in [-0.2, -0.15) is 0 Å². The van der Waals surface area contributed by atoms with Crippen molar-refractivity contribution < 1.29 is 0 Å². The van der Waals surface area contributed by atoms with E-state index >= 15 is 0 Å². The van der Waals surface area contributed by atoms with E-state index in [9.17, 15) is 0 Å². The number of hydrogen-bond donors (Lipinski definition) is 0. The van der Waals surface area contributed by atoms with Crippen molar-refractivity contribution in [2.75, 3.05) is 13.1 Å². The van der Waals surface area contributed by atoms with Crippen LogP contribution in [0.1, 0.15) is 13.8 Å². The van der Waals surface area contributed by atoms with E-state index in [0.717, 1.165) is 13.1 Å². The third-order valence-electron chi connectivity index (χ3n) is 2.35. The van der Waals surface area contributed by atoms with Gasteiger partial charge in [0.1, 0.15) is 0 Å². The van der Waals surface area contributed by atoms with Gasteiger partial charge in [-0.3, -0.25) is 0 Å². The number of hydrogen-bond acceptors (Lipinski definition) is 1. The molecule has 0 rings (SSSR count). The number of rotatable bonds is 3. The van der Waals surface area contributed by atoms with E-state index in [2.05, 4.69) is 67.8 Å². The van der Waals surface area contributed by atoms with Crippen molar-refractivity contribution in [1.29, 1.82) is 0 Å². The molecule has 0 saturated heterocycles. The van der Waals surface area contributed by atoms with Crippen LogP contribution in [0.2, 0.25) is 29.6 Å². The minimum absolute atomic E-state index is 0.159. The SMILES string of the molecule is CCN(CC)B(C#[C][Sn]([CH3])([CH3])[CH3])C#[C][Sn]([CH3])([CH3])[CH3]. The van der Waals surface area contributed by atoms with Crippen LogP contribution >= 0.6 is 0 Å². The Balaban J connectivity index is 5.16. The van der Waals surface area contributed by atoms with Crippen molar-refractivity contribution in [3.63, 3.8) is 0 Å². The van der Waals surface area contributed by atoms with Gasteiger partial charge in [0.05, 0.1) is 0 Å². The Bertz CT molecular complexity index is 335. The van der Waals surface area contributed by atoms with Crippen LogP contribution in [0.5, 0.6) is 0 Å². The standard InChI is InChI=1S/C8H10BN.6CH3.2Sn/c1-5-9(6-2)10(7-3)8-4;;;;;;;;/h7-8H2,3-4H3;6*1H3;;. The van der Waals surface area contributed by atoms with Gasteiger partial charge in [-0.1, -0.05) is 0 Å². The maximum atomic E-state index is 3.55. The first-order valence-corrected chi connectivity index (χ1v) is 26.9. The summed E-state index contributed by atoms with van der Waals surface area (Å²) in [6.45, 7) is 6.61. The van der Waals surface area contributed by atoms with Crippen molar-refractivity contribution >= 4 is 43.6 Å². The van der Waals surface area contributed by atoms with Crippen molar-refractivity contribution in [1.82, 2.24) is 4.81 Å². The topological polar surface area (TPSA) is 3.24 Å². The molecule has 0 radical (unpaired) electrons. The van der Waals surface area contributed by atoms with Gasteiger partial charge in [0, 0.05) is 0 Å². The molecule has 0 aromatic heterocycles. The molecule has 100 valence electrons. The van der Waals surface area contributed by atoms with Crippen molar-refractivity contribution in [2.45, 2.75) is 43.5 Å². The first-order valence-electron chi connectivity index (χ1n) is 6.88. The Hall–Kier alpha value is 0.742. The molecule has 0 aromatic rings. The Kier molecular flexibility index (Phi) is 8.46. The fourth-order valence-corrected chi connectivity index (χ4v) is 4.63. The van der Waals surface area contributed by atoms with Crippen LogP contribution in [0.3, 0.4) is 0 Å². The van der Waals surface area contributed by atoms with Crippen LogP contribution in [0, 0.1) is 19.5 Å². The molecule has 0 atom stereocenters. The van der Waals surface area contributed by atoms with E-state index in [4.69, 9.17) is 0 Å². The summed E-state index contributed by atoms with van der Waals surface area (Å²) in [7, 11) is 0. The van der Waals surface area contributed by atoms with Gasteiger partial charge in [-0.05, 0) is 0 Å². The van der Waals surface area contributed by atoms with Gasteiger partial charge in [0.25, 0.3) is 0 Å². The molecule has 0 heterocycles. The van der Waals surface area contributed by atoms with Crippen molar-refractivity contribution in [3.8, 4) is 19.5 Å². The predicted molar refractivity (Wildman–Crippen MR) is 90.9 cm³/mol. The molecule has 0 saturated carbocycles. The molecular formula is C14H28BNSn2. The molecule has 4 heteroatoms. The summed E-state index contributed by atoms with van der Waals surface area (Å²) in [5, 5.41) is 0. The van der Waals surface area contributed by atoms with Crippen molar-refractivity contribution in [2.24, 2.45) is 0 Å². The van der Waals surface area contributed by atoms with Gasteiger partial charge in [0.15, 0.2) is 0 Å². The van der Waals surface area contributed by atoms with E-state index in [0.29, 0.717) is 0 Å². The average Bonchev–Trinajstić information content (AvgIpc) is 2.19. The van der Waals surface area contributed by atoms with Crippen LogP contribution in [-0.4, -0.2) is 61.5 Å². The zero-order valence-corrected chi connectivity index (χ0v) is 19.1. The van der Waals surface area contributed by atoms with Gasteiger partial charge in [0.2, 0.25) is 0 Å². The van der Waals surface area contributed by atoms with Crippen LogP contribution in [0.4, 0.5) is 0 Å². The van der Waals surface area contributed by atoms with Crippen LogP contribution in [0.15, 0.2) is 0 Å². The normalized spacial score (nSPS) is 11.4. The van der Waals surface area contributed by atoms with Crippen LogP contribution in [0.25, 0.3) is 0 Å². The minimum atomic E-state index is -2.00. The zero-order valence-electron chi connectivity index (χ0n) is 13.4. The maximum absolute atomic E-state index is 3.55. The third kappa shape index (κ3) is 9.64. The van der Waals surface area contributed by atoms with E-state index in [-0.39, 0.29) is 6.85 Å². The van der Waals surface area contributed by atoms with E-state index in [1.165, 1.54) is 0 Å². The second-order valence-corrected chi connectivity index (χ2v) is 33.8. The summed E-state index contributed by atoms with van der Waals surface area (Å²) in [6, 6.07) is 0. The molecule has 18 heavy (non-hydrogen) atoms. The molecule has 0 aliphatic rings. The Morgan fingerprint density at radius 3 is 1.33 bits per heavy atom. The molecule has 0 amide bonds. The predicted octanol–water partition coefficient (Wildman–Crippen LogP) is 3.16. The Labute approximate surface area is 123 Å². The van der Waals surface area contributed by atoms with E-state index in [1.54, 1.807) is 0 Å². The first kappa shape index (κ1) is 18.7. The van der Waals surface area contributed by atoms with Crippen molar-refractivity contribution in [3.05, 3.63) is 0 Å². The van der Waals surface area contributed by atoms with Crippen LogP contribution < -0.4 is 0 Å². The van der Waals surface area contributed by atoms with E-state index in [1.807, 2.05) is 0 Å². The third-order valence-corrected chi connectivity index (χ3v) is 7.45. The van der Waals surface area contributed by atoms with Gasteiger partial charge < -0.3 is 0 Å². The van der Waals surface area contributed by atoms with Gasteiger partial charge in [-0.25, -0.2) is 0 Å². The summed E-state index contributed by atoms with van der Waals surface area (Å²) in [6.07, 6.45) is 0. The zero-order chi connectivity index (χ0) is 14.4. The fraction of sp³-hybridized carbons (Fsp3) is 0.714. The van der Waals surface area contributed by atoms with Gasteiger partial charge in [-0.15, -0.1) is 0 Å². The summed E-state index contributed by atoms with van der Waals surface area (Å²) < 4.78 is 7.09. The summed E-state index contributed by atoms with van der Waals surface area (Å²) in [5.41, 5.74) is 0. The molecule has 0 aliphatic heterocycles. The summed E-state index contributed by atoms with van der Waals surface area (Å²) >= 11 is -4.00. The second kappa shape index (κ2) is 8.12. The molecule has 0 fully saturated rings. The molecule has 0 N–H and O–H groups in total. The molecular weight excluding hydrogens is 430 g/mol. The molecule has 0 aliphatic carbocycles. The van der Waals surface area contributed by atoms with Gasteiger partial charge >= 0.3 is 124 Å². The summed E-state index contributed by atoms with van der Waals surface area (Å²) in [5.74, 6) is 6.93. The molecule has 0 unspecified atom stereocenters.